The highest BCUT2D eigenvalue weighted by molar-refractivity contribution is 5.21. The normalized spacial score (nSPS) is 18.5. The number of allylic oxidation sites excluding steroid dienone is 1. The molecule has 0 fully saturated rings. The third-order valence-corrected chi connectivity index (χ3v) is 2.04. The summed E-state index contributed by atoms with van der Waals surface area (Å²) < 4.78 is 0. The minimum atomic E-state index is 0.247. The molecule has 1 heterocycles. The minimum Gasteiger partial charge on any atom is -0.367 e. The van der Waals surface area contributed by atoms with Gasteiger partial charge in [0.05, 0.1) is 0 Å². The van der Waals surface area contributed by atoms with E-state index < -0.39 is 0 Å². The fraction of sp³-hybridized carbons (Fsp3) is 0.600. The molecule has 1 rings (SSSR count). The summed E-state index contributed by atoms with van der Waals surface area (Å²) in [6.45, 7) is 11.6. The molecule has 0 aromatic heterocycles. The fourth-order valence-corrected chi connectivity index (χ4v) is 1.50. The van der Waals surface area contributed by atoms with E-state index in [1.807, 2.05) is 6.08 Å². The summed E-state index contributed by atoms with van der Waals surface area (Å²) in [5.41, 5.74) is 1.54. The Hall–Kier alpha value is -0.720. The van der Waals surface area contributed by atoms with Gasteiger partial charge in [0.2, 0.25) is 0 Å². The van der Waals surface area contributed by atoms with Gasteiger partial charge in [-0.3, -0.25) is 0 Å². The molecule has 0 N–H and O–H groups in total. The van der Waals surface area contributed by atoms with E-state index in [1.54, 1.807) is 0 Å². The summed E-state index contributed by atoms with van der Waals surface area (Å²) in [4.78, 5) is 2.39. The molecule has 0 spiro atoms. The van der Waals surface area contributed by atoms with Crippen LogP contribution in [0, 0.1) is 0 Å². The van der Waals surface area contributed by atoms with Crippen molar-refractivity contribution in [2.24, 2.45) is 0 Å². The van der Waals surface area contributed by atoms with E-state index in [0.29, 0.717) is 0 Å². The van der Waals surface area contributed by atoms with Crippen molar-refractivity contribution < 1.29 is 0 Å². The molecule has 0 unspecified atom stereocenters. The van der Waals surface area contributed by atoms with E-state index in [0.717, 1.165) is 6.54 Å². The molecule has 1 aliphatic heterocycles. The van der Waals surface area contributed by atoms with Crippen molar-refractivity contribution in [2.75, 3.05) is 6.54 Å². The first-order valence-electron chi connectivity index (χ1n) is 4.16. The lowest BCUT2D eigenvalue weighted by Gasteiger charge is -2.35. The Morgan fingerprint density at radius 1 is 1.55 bits per heavy atom. The molecule has 11 heavy (non-hydrogen) atoms. The van der Waals surface area contributed by atoms with Crippen LogP contribution in [0.1, 0.15) is 27.2 Å². The van der Waals surface area contributed by atoms with Crippen LogP contribution in [0.5, 0.6) is 0 Å². The maximum atomic E-state index is 3.80. The number of hydrogen-bond acceptors (Lipinski definition) is 1. The van der Waals surface area contributed by atoms with Gasteiger partial charge in [-0.2, -0.15) is 0 Å². The van der Waals surface area contributed by atoms with Crippen LogP contribution in [0.3, 0.4) is 0 Å². The van der Waals surface area contributed by atoms with Crippen molar-refractivity contribution in [1.82, 2.24) is 4.90 Å². The Bertz CT molecular complexity index is 184. The highest BCUT2D eigenvalue weighted by atomic mass is 15.2. The maximum Gasteiger partial charge on any atom is 0.0324 e. The first kappa shape index (κ1) is 8.38. The number of rotatable bonds is 1. The van der Waals surface area contributed by atoms with Crippen LogP contribution in [0.4, 0.5) is 0 Å². The summed E-state index contributed by atoms with van der Waals surface area (Å²) in [5.74, 6) is 0. The van der Waals surface area contributed by atoms with E-state index in [9.17, 15) is 0 Å². The number of hydrogen-bond donors (Lipinski definition) is 0. The SMILES string of the molecule is C=CC1=CCCN1C(C)(C)C. The van der Waals surface area contributed by atoms with Crippen LogP contribution in [0.2, 0.25) is 0 Å². The summed E-state index contributed by atoms with van der Waals surface area (Å²) in [7, 11) is 0. The second-order valence-electron chi connectivity index (χ2n) is 3.94. The monoisotopic (exact) mass is 151 g/mol. The van der Waals surface area contributed by atoms with Crippen molar-refractivity contribution in [3.05, 3.63) is 24.4 Å². The second kappa shape index (κ2) is 2.72. The zero-order chi connectivity index (χ0) is 8.48. The molecule has 1 nitrogen and oxygen atoms in total. The zero-order valence-electron chi connectivity index (χ0n) is 7.72. The van der Waals surface area contributed by atoms with Crippen LogP contribution in [-0.2, 0) is 0 Å². The first-order valence-corrected chi connectivity index (χ1v) is 4.16. The highest BCUT2D eigenvalue weighted by Gasteiger charge is 2.24. The minimum absolute atomic E-state index is 0.247. The van der Waals surface area contributed by atoms with Crippen LogP contribution in [-0.4, -0.2) is 17.0 Å². The van der Waals surface area contributed by atoms with Crippen molar-refractivity contribution >= 4 is 0 Å². The van der Waals surface area contributed by atoms with Crippen molar-refractivity contribution in [3.63, 3.8) is 0 Å². The Morgan fingerprint density at radius 2 is 2.18 bits per heavy atom. The summed E-state index contributed by atoms with van der Waals surface area (Å²) in [5, 5.41) is 0. The van der Waals surface area contributed by atoms with Gasteiger partial charge in [-0.15, -0.1) is 0 Å². The quantitative estimate of drug-likeness (QED) is 0.556. The average Bonchev–Trinajstić information content (AvgIpc) is 2.31. The molecular weight excluding hydrogens is 134 g/mol. The topological polar surface area (TPSA) is 3.24 Å². The fourth-order valence-electron chi connectivity index (χ4n) is 1.50. The molecule has 0 amide bonds. The van der Waals surface area contributed by atoms with E-state index in [-0.39, 0.29) is 5.54 Å². The second-order valence-corrected chi connectivity index (χ2v) is 3.94. The van der Waals surface area contributed by atoms with E-state index >= 15 is 0 Å². The molecular formula is C10H17N. The summed E-state index contributed by atoms with van der Waals surface area (Å²) >= 11 is 0. The standard InChI is InChI=1S/C10H17N/c1-5-9-7-6-8-11(9)10(2,3)4/h5,7H,1,6,8H2,2-4H3. The average molecular weight is 151 g/mol. The third kappa shape index (κ3) is 1.65. The van der Waals surface area contributed by atoms with Gasteiger partial charge in [0, 0.05) is 17.8 Å². The molecule has 0 aromatic rings. The first-order chi connectivity index (χ1) is 5.05. The van der Waals surface area contributed by atoms with Crippen molar-refractivity contribution in [3.8, 4) is 0 Å². The molecule has 0 saturated heterocycles. The van der Waals surface area contributed by atoms with E-state index in [4.69, 9.17) is 0 Å². The van der Waals surface area contributed by atoms with Gasteiger partial charge in [-0.1, -0.05) is 12.7 Å². The molecule has 62 valence electrons. The van der Waals surface area contributed by atoms with Crippen LogP contribution in [0.15, 0.2) is 24.4 Å². The Morgan fingerprint density at radius 3 is 2.55 bits per heavy atom. The lowest BCUT2D eigenvalue weighted by atomic mass is 10.1. The zero-order valence-corrected chi connectivity index (χ0v) is 7.72. The van der Waals surface area contributed by atoms with E-state index in [2.05, 4.69) is 38.3 Å². The molecule has 0 radical (unpaired) electrons. The largest absolute Gasteiger partial charge is 0.367 e. The van der Waals surface area contributed by atoms with Gasteiger partial charge >= 0.3 is 0 Å². The maximum absolute atomic E-state index is 3.80. The van der Waals surface area contributed by atoms with Gasteiger partial charge in [0.1, 0.15) is 0 Å². The molecule has 0 atom stereocenters. The molecule has 1 heteroatoms. The molecule has 1 aliphatic rings. The lowest BCUT2D eigenvalue weighted by molar-refractivity contribution is 0.209. The predicted molar refractivity (Wildman–Crippen MR) is 49.4 cm³/mol. The van der Waals surface area contributed by atoms with Crippen LogP contribution in [0.25, 0.3) is 0 Å². The smallest absolute Gasteiger partial charge is 0.0324 e. The van der Waals surface area contributed by atoms with Gasteiger partial charge < -0.3 is 4.90 Å². The van der Waals surface area contributed by atoms with Crippen molar-refractivity contribution in [1.29, 1.82) is 0 Å². The van der Waals surface area contributed by atoms with Crippen molar-refractivity contribution in [2.45, 2.75) is 32.7 Å². The molecule has 0 bridgehead atoms. The predicted octanol–water partition coefficient (Wildman–Crippen LogP) is 2.56. The van der Waals surface area contributed by atoms with Gasteiger partial charge in [0.25, 0.3) is 0 Å². The number of nitrogens with zero attached hydrogens (tertiary/aromatic N) is 1. The van der Waals surface area contributed by atoms with Crippen LogP contribution >= 0.6 is 0 Å². The Labute approximate surface area is 69.4 Å². The van der Waals surface area contributed by atoms with Gasteiger partial charge in [0.15, 0.2) is 0 Å². The van der Waals surface area contributed by atoms with Crippen LogP contribution < -0.4 is 0 Å². The summed E-state index contributed by atoms with van der Waals surface area (Å²) in [6, 6.07) is 0. The van der Waals surface area contributed by atoms with Gasteiger partial charge in [-0.05, 0) is 33.3 Å². The van der Waals surface area contributed by atoms with Gasteiger partial charge in [-0.25, -0.2) is 0 Å². The molecule has 0 aromatic carbocycles. The van der Waals surface area contributed by atoms with E-state index in [1.165, 1.54) is 12.1 Å². The lowest BCUT2D eigenvalue weighted by Crippen LogP contribution is -2.38. The Balaban J connectivity index is 2.75. The summed E-state index contributed by atoms with van der Waals surface area (Å²) in [6.07, 6.45) is 5.36. The molecule has 0 saturated carbocycles. The molecule has 0 aliphatic carbocycles. The third-order valence-electron chi connectivity index (χ3n) is 2.04. The highest BCUT2D eigenvalue weighted by Crippen LogP contribution is 2.25. The Kier molecular flexibility index (Phi) is 2.08.